The zero-order valence-electron chi connectivity index (χ0n) is 34.2. The van der Waals surface area contributed by atoms with Gasteiger partial charge in [-0.15, -0.1) is 0 Å². The van der Waals surface area contributed by atoms with Gasteiger partial charge >= 0.3 is 5.97 Å². The Hall–Kier alpha value is -3.51. The van der Waals surface area contributed by atoms with Gasteiger partial charge in [-0.2, -0.15) is 4.98 Å². The molecule has 0 spiro atoms. The number of aliphatic hydroxyl groups is 2. The SMILES string of the molecule is CC[C@H]1OC(=O)[C@H](C)C(=O)[C@H](C)[C@@H](O[C@@H]2O[C@H](C)C[C@H](N(C)C)[C@H]2O)[C@@]2(C)C[C@@H](C)C(=O)[C@H](C)[C@H](OC/C(=N\OCc3ccc4nc(N)oc4c3)CO2)[C@]1(C)O. The second-order valence-electron chi connectivity index (χ2n) is 16.5. The minimum Gasteiger partial charge on any atom is -0.459 e. The molecule has 0 amide bonds. The van der Waals surface area contributed by atoms with Crippen LogP contribution in [0.5, 0.6) is 0 Å². The number of ketones is 2. The Morgan fingerprint density at radius 2 is 1.77 bits per heavy atom. The number of anilines is 1. The average Bonchev–Trinajstić information content (AvgIpc) is 3.52. The van der Waals surface area contributed by atoms with Crippen LogP contribution < -0.4 is 5.73 Å². The molecule has 16 nitrogen and oxygen atoms in total. The second-order valence-corrected chi connectivity index (χ2v) is 16.5. The van der Waals surface area contributed by atoms with Crippen LogP contribution in [-0.2, 0) is 49.5 Å². The van der Waals surface area contributed by atoms with Crippen molar-refractivity contribution in [2.24, 2.45) is 28.8 Å². The fourth-order valence-corrected chi connectivity index (χ4v) is 8.48. The van der Waals surface area contributed by atoms with Gasteiger partial charge in [-0.1, -0.05) is 38.9 Å². The number of esters is 1. The lowest BCUT2D eigenvalue weighted by Gasteiger charge is -2.47. The molecule has 4 heterocycles. The van der Waals surface area contributed by atoms with Crippen LogP contribution in [0.15, 0.2) is 27.8 Å². The van der Waals surface area contributed by atoms with Crippen LogP contribution in [-0.4, -0.2) is 125 Å². The van der Waals surface area contributed by atoms with Crippen LogP contribution in [0.3, 0.4) is 0 Å². The summed E-state index contributed by atoms with van der Waals surface area (Å²) in [5, 5.41) is 28.1. The van der Waals surface area contributed by atoms with E-state index in [1.807, 2.05) is 25.9 Å². The van der Waals surface area contributed by atoms with Gasteiger partial charge in [-0.05, 0) is 78.7 Å². The van der Waals surface area contributed by atoms with Crippen molar-refractivity contribution >= 4 is 40.4 Å². The first-order valence-electron chi connectivity index (χ1n) is 19.5. The van der Waals surface area contributed by atoms with E-state index in [2.05, 4.69) is 10.1 Å². The predicted molar refractivity (Wildman–Crippen MR) is 204 cm³/mol. The average molecular weight is 789 g/mol. The molecule has 3 saturated heterocycles. The molecule has 0 radical (unpaired) electrons. The molecular formula is C40H60N4O12. The molecule has 3 fully saturated rings. The van der Waals surface area contributed by atoms with Gasteiger partial charge in [0.15, 0.2) is 17.7 Å². The fraction of sp³-hybridized carbons (Fsp3) is 0.725. The molecule has 0 unspecified atom stereocenters. The van der Waals surface area contributed by atoms with E-state index in [0.29, 0.717) is 23.1 Å². The third-order valence-corrected chi connectivity index (χ3v) is 11.7. The van der Waals surface area contributed by atoms with Crippen molar-refractivity contribution in [2.45, 2.75) is 135 Å². The summed E-state index contributed by atoms with van der Waals surface area (Å²) in [6, 6.07) is 5.00. The third-order valence-electron chi connectivity index (χ3n) is 11.7. The molecular weight excluding hydrogens is 728 g/mol. The number of likely N-dealkylation sites (N-methyl/N-ethyl adjacent to an activating group) is 1. The number of cyclic esters (lactones) is 1. The van der Waals surface area contributed by atoms with Gasteiger partial charge in [0, 0.05) is 23.8 Å². The largest absolute Gasteiger partial charge is 0.459 e. The number of hydrogen-bond acceptors (Lipinski definition) is 16. The molecule has 16 heteroatoms. The number of fused-ring (bicyclic) bond motifs is 6. The number of oxazole rings is 1. The number of ether oxygens (including phenoxy) is 5. The number of nitrogen functional groups attached to an aromatic ring is 1. The molecule has 2 aromatic rings. The first-order chi connectivity index (χ1) is 26.3. The van der Waals surface area contributed by atoms with Gasteiger partial charge < -0.3 is 53.8 Å². The lowest BCUT2D eigenvalue weighted by Crippen LogP contribution is -2.60. The molecule has 3 aliphatic heterocycles. The summed E-state index contributed by atoms with van der Waals surface area (Å²) in [5.74, 6) is -5.51. The smallest absolute Gasteiger partial charge is 0.316 e. The number of carbonyl (C=O) groups is 3. The first-order valence-corrected chi connectivity index (χ1v) is 19.5. The van der Waals surface area contributed by atoms with E-state index >= 15 is 0 Å². The number of hydrogen-bond donors (Lipinski definition) is 3. The van der Waals surface area contributed by atoms with E-state index in [1.165, 1.54) is 13.8 Å². The maximum atomic E-state index is 14.4. The Morgan fingerprint density at radius 3 is 2.45 bits per heavy atom. The summed E-state index contributed by atoms with van der Waals surface area (Å²) in [4.78, 5) is 54.3. The lowest BCUT2D eigenvalue weighted by atomic mass is 9.74. The normalized spacial score (nSPS) is 38.9. The van der Waals surface area contributed by atoms with Crippen LogP contribution >= 0.6 is 0 Å². The highest BCUT2D eigenvalue weighted by Crippen LogP contribution is 2.39. The number of nitrogens with two attached hydrogens (primary N) is 1. The van der Waals surface area contributed by atoms with Crippen molar-refractivity contribution in [3.63, 3.8) is 0 Å². The highest BCUT2D eigenvalue weighted by atomic mass is 16.7. The Bertz CT molecular complexity index is 1750. The van der Waals surface area contributed by atoms with E-state index < -0.39 is 77.3 Å². The van der Waals surface area contributed by atoms with Crippen molar-refractivity contribution in [1.82, 2.24) is 9.88 Å². The molecule has 1 aromatic carbocycles. The molecule has 1 aromatic heterocycles. The number of Topliss-reactive ketones (excluding diaryl/α,β-unsaturated/α-hetero) is 2. The van der Waals surface area contributed by atoms with Gasteiger partial charge in [0.05, 0.1) is 37.1 Å². The summed E-state index contributed by atoms with van der Waals surface area (Å²) in [5.41, 5.74) is 4.46. The topological polar surface area (TPSA) is 215 Å². The maximum Gasteiger partial charge on any atom is 0.316 e. The quantitative estimate of drug-likeness (QED) is 0.208. The highest BCUT2D eigenvalue weighted by molar-refractivity contribution is 6.00. The van der Waals surface area contributed by atoms with Gasteiger partial charge in [0.1, 0.15) is 47.3 Å². The van der Waals surface area contributed by atoms with Gasteiger partial charge in [0.2, 0.25) is 0 Å². The zero-order chi connectivity index (χ0) is 41.3. The van der Waals surface area contributed by atoms with E-state index in [1.54, 1.807) is 52.8 Å². The molecule has 5 rings (SSSR count). The number of rotatable bonds is 7. The summed E-state index contributed by atoms with van der Waals surface area (Å²) >= 11 is 0. The Labute approximate surface area is 328 Å². The minimum atomic E-state index is -1.88. The number of aliphatic hydroxyl groups excluding tert-OH is 1. The second kappa shape index (κ2) is 17.5. The van der Waals surface area contributed by atoms with Crippen LogP contribution in [0, 0.1) is 23.7 Å². The minimum absolute atomic E-state index is 0.0233. The third kappa shape index (κ3) is 9.27. The molecule has 0 saturated carbocycles. The van der Waals surface area contributed by atoms with Crippen LogP contribution in [0.1, 0.15) is 80.2 Å². The Balaban J connectivity index is 1.60. The number of oxime groups is 1. The lowest BCUT2D eigenvalue weighted by molar-refractivity contribution is -0.296. The molecule has 3 aliphatic rings. The maximum absolute atomic E-state index is 14.4. The van der Waals surface area contributed by atoms with Crippen LogP contribution in [0.4, 0.5) is 6.01 Å². The molecule has 4 N–H and O–H groups in total. The van der Waals surface area contributed by atoms with Crippen molar-refractivity contribution < 1.29 is 57.5 Å². The van der Waals surface area contributed by atoms with E-state index in [-0.39, 0.29) is 62.3 Å². The van der Waals surface area contributed by atoms with E-state index in [9.17, 15) is 24.6 Å². The van der Waals surface area contributed by atoms with Crippen molar-refractivity contribution in [3.8, 4) is 0 Å². The number of aromatic nitrogens is 1. The van der Waals surface area contributed by atoms with E-state index in [0.717, 1.165) is 0 Å². The summed E-state index contributed by atoms with van der Waals surface area (Å²) in [6.45, 7) is 12.9. The summed E-state index contributed by atoms with van der Waals surface area (Å²) in [6.07, 6.45) is -5.33. The molecule has 13 atom stereocenters. The standard InChI is InChI=1S/C40H60N4O12/c1-11-30-40(8,49)35-22(4)31(45)20(2)16-39(7,51-19-26(18-50-35)43-52-17-25-12-13-27-29(15-25)54-38(41)42-27)34(23(5)32(46)24(6)36(48)55-30)56-37-33(47)28(44(9)10)14-21(3)53-37/h12-13,15,20-24,28,30,33-35,37,47,49H,11,14,16-19H2,1-10H3,(H2,41,42)/b43-26+/t20-,21-,22+,23+,24-,28+,30-,33-,34-,35+,37+,39-,40-/m1/s1. The van der Waals surface area contributed by atoms with Crippen LogP contribution in [0.2, 0.25) is 0 Å². The molecule has 56 heavy (non-hydrogen) atoms. The monoisotopic (exact) mass is 788 g/mol. The molecule has 312 valence electrons. The number of benzene rings is 1. The summed E-state index contributed by atoms with van der Waals surface area (Å²) in [7, 11) is 3.71. The number of nitrogens with zero attached hydrogens (tertiary/aromatic N) is 3. The van der Waals surface area contributed by atoms with Crippen molar-refractivity contribution in [3.05, 3.63) is 23.8 Å². The van der Waals surface area contributed by atoms with E-state index in [4.69, 9.17) is 38.7 Å². The summed E-state index contributed by atoms with van der Waals surface area (Å²) < 4.78 is 37.4. The van der Waals surface area contributed by atoms with Gasteiger partial charge in [0.25, 0.3) is 6.01 Å². The Kier molecular flexibility index (Phi) is 13.7. The van der Waals surface area contributed by atoms with Gasteiger partial charge in [-0.3, -0.25) is 14.4 Å². The van der Waals surface area contributed by atoms with Gasteiger partial charge in [-0.25, -0.2) is 0 Å². The van der Waals surface area contributed by atoms with Crippen molar-refractivity contribution in [1.29, 1.82) is 0 Å². The number of carbonyl (C=O) groups excluding carboxylic acids is 3. The Morgan fingerprint density at radius 1 is 1.05 bits per heavy atom. The molecule has 2 bridgehead atoms. The molecule has 0 aliphatic carbocycles. The van der Waals surface area contributed by atoms with Crippen LogP contribution in [0.25, 0.3) is 11.1 Å². The van der Waals surface area contributed by atoms with Crippen molar-refractivity contribution in [2.75, 3.05) is 33.0 Å². The highest BCUT2D eigenvalue weighted by Gasteiger charge is 2.53. The first kappa shape index (κ1) is 43.6. The zero-order valence-corrected chi connectivity index (χ0v) is 34.2. The fourth-order valence-electron chi connectivity index (χ4n) is 8.48. The predicted octanol–water partition coefficient (Wildman–Crippen LogP) is 3.43.